The van der Waals surface area contributed by atoms with Gasteiger partial charge in [0, 0.05) is 72.8 Å². The van der Waals surface area contributed by atoms with Crippen LogP contribution in [0.25, 0.3) is 43.4 Å². The minimum absolute atomic E-state index is 0.216. The first-order valence-corrected chi connectivity index (χ1v) is 16.1. The molecule has 0 atom stereocenters. The highest BCUT2D eigenvalue weighted by atomic mass is 32.1. The fourth-order valence-electron chi connectivity index (χ4n) is 5.14. The Hall–Kier alpha value is -6.60. The third kappa shape index (κ3) is 7.21. The molecule has 49 heavy (non-hydrogen) atoms. The molecule has 6 heterocycles. The monoisotopic (exact) mass is 664 g/mol. The summed E-state index contributed by atoms with van der Waals surface area (Å²) in [5, 5.41) is 21.5. The Kier molecular flexibility index (Phi) is 9.14. The molecule has 0 fully saturated rings. The van der Waals surface area contributed by atoms with Crippen molar-refractivity contribution in [1.82, 2.24) is 51.0 Å². The Morgan fingerprint density at radius 1 is 0.592 bits per heavy atom. The van der Waals surface area contributed by atoms with Gasteiger partial charge in [0.1, 0.15) is 0 Å². The zero-order valence-electron chi connectivity index (χ0n) is 25.9. The Balaban J connectivity index is 0.000000154. The van der Waals surface area contributed by atoms with E-state index in [0.29, 0.717) is 24.5 Å². The molecular formula is C36H28N10O2S. The lowest BCUT2D eigenvalue weighted by Gasteiger charge is -2.04. The van der Waals surface area contributed by atoms with E-state index in [4.69, 9.17) is 0 Å². The first-order chi connectivity index (χ1) is 24.1. The van der Waals surface area contributed by atoms with E-state index >= 15 is 0 Å². The van der Waals surface area contributed by atoms with Gasteiger partial charge in [0.05, 0.1) is 21.4 Å². The number of rotatable bonds is 8. The van der Waals surface area contributed by atoms with Gasteiger partial charge in [-0.3, -0.25) is 39.7 Å². The number of aromatic amines is 2. The van der Waals surface area contributed by atoms with E-state index in [0.717, 1.165) is 54.5 Å². The molecule has 13 heteroatoms. The van der Waals surface area contributed by atoms with Crippen molar-refractivity contribution in [2.45, 2.75) is 13.1 Å². The van der Waals surface area contributed by atoms with E-state index in [1.807, 2.05) is 79.0 Å². The summed E-state index contributed by atoms with van der Waals surface area (Å²) >= 11 is 1.56. The van der Waals surface area contributed by atoms with Crippen molar-refractivity contribution in [3.05, 3.63) is 144 Å². The second kappa shape index (κ2) is 14.4. The van der Waals surface area contributed by atoms with Crippen LogP contribution in [-0.4, -0.2) is 52.1 Å². The van der Waals surface area contributed by atoms with Crippen LogP contribution in [0.2, 0.25) is 0 Å². The van der Waals surface area contributed by atoms with Gasteiger partial charge in [-0.1, -0.05) is 30.3 Å². The highest BCUT2D eigenvalue weighted by Crippen LogP contribution is 2.28. The van der Waals surface area contributed by atoms with Gasteiger partial charge in [-0.25, -0.2) is 0 Å². The van der Waals surface area contributed by atoms with Crippen molar-refractivity contribution < 1.29 is 9.59 Å². The lowest BCUT2D eigenvalue weighted by atomic mass is 10.0. The van der Waals surface area contributed by atoms with Gasteiger partial charge < -0.3 is 10.6 Å². The lowest BCUT2D eigenvalue weighted by molar-refractivity contribution is 0.0939. The Labute approximate surface area is 283 Å². The molecular weight excluding hydrogens is 637 g/mol. The molecule has 6 aromatic heterocycles. The molecule has 0 aliphatic rings. The maximum Gasteiger partial charge on any atom is 0.272 e. The second-order valence-electron chi connectivity index (χ2n) is 10.9. The first kappa shape index (κ1) is 31.0. The average molecular weight is 665 g/mol. The van der Waals surface area contributed by atoms with Crippen LogP contribution in [0.5, 0.6) is 0 Å². The van der Waals surface area contributed by atoms with Crippen LogP contribution in [0, 0.1) is 0 Å². The van der Waals surface area contributed by atoms with Crippen LogP contribution in [0.3, 0.4) is 0 Å². The van der Waals surface area contributed by atoms with Gasteiger partial charge >= 0.3 is 0 Å². The van der Waals surface area contributed by atoms with Gasteiger partial charge in [-0.2, -0.15) is 10.2 Å². The van der Waals surface area contributed by atoms with Crippen LogP contribution < -0.4 is 10.6 Å². The van der Waals surface area contributed by atoms with E-state index in [-0.39, 0.29) is 11.8 Å². The molecule has 4 N–H and O–H groups in total. The average Bonchev–Trinajstić information content (AvgIpc) is 3.95. The predicted octanol–water partition coefficient (Wildman–Crippen LogP) is 5.96. The summed E-state index contributed by atoms with van der Waals surface area (Å²) < 4.78 is 0. The smallest absolute Gasteiger partial charge is 0.272 e. The minimum atomic E-state index is -0.224. The van der Waals surface area contributed by atoms with Gasteiger partial charge in [0.2, 0.25) is 0 Å². The van der Waals surface area contributed by atoms with Gasteiger partial charge in [-0.15, -0.1) is 11.3 Å². The molecule has 0 bridgehead atoms. The molecule has 0 aliphatic heterocycles. The zero-order valence-corrected chi connectivity index (χ0v) is 26.7. The van der Waals surface area contributed by atoms with Gasteiger partial charge in [0.15, 0.2) is 11.4 Å². The Morgan fingerprint density at radius 3 is 1.65 bits per heavy atom. The third-order valence-electron chi connectivity index (χ3n) is 7.62. The molecule has 0 saturated carbocycles. The van der Waals surface area contributed by atoms with Gasteiger partial charge in [-0.05, 0) is 64.7 Å². The molecule has 0 unspecified atom stereocenters. The number of amides is 2. The molecule has 12 nitrogen and oxygen atoms in total. The number of aromatic nitrogens is 8. The number of nitrogens with zero attached hydrogens (tertiary/aromatic N) is 6. The number of carbonyl (C=O) groups is 2. The quantitative estimate of drug-likeness (QED) is 0.154. The summed E-state index contributed by atoms with van der Waals surface area (Å²) in [6.45, 7) is 0.818. The number of pyridine rings is 3. The molecule has 0 spiro atoms. The Morgan fingerprint density at radius 2 is 1.14 bits per heavy atom. The number of benzene rings is 2. The molecule has 2 amide bonds. The number of carbonyl (C=O) groups excluding carboxylic acids is 2. The van der Waals surface area contributed by atoms with Crippen LogP contribution in [-0.2, 0) is 13.1 Å². The van der Waals surface area contributed by atoms with Gasteiger partial charge in [0.25, 0.3) is 11.8 Å². The van der Waals surface area contributed by atoms with Crippen molar-refractivity contribution in [2.24, 2.45) is 0 Å². The van der Waals surface area contributed by atoms with Crippen molar-refractivity contribution in [2.75, 3.05) is 0 Å². The minimum Gasteiger partial charge on any atom is -0.346 e. The number of thiazole rings is 1. The third-order valence-corrected chi connectivity index (χ3v) is 8.44. The predicted molar refractivity (Wildman–Crippen MR) is 187 cm³/mol. The van der Waals surface area contributed by atoms with Crippen LogP contribution >= 0.6 is 11.3 Å². The second-order valence-corrected chi connectivity index (χ2v) is 11.7. The maximum absolute atomic E-state index is 12.5. The largest absolute Gasteiger partial charge is 0.346 e. The van der Waals surface area contributed by atoms with E-state index in [1.165, 1.54) is 0 Å². The summed E-state index contributed by atoms with van der Waals surface area (Å²) in [4.78, 5) is 42.4. The fourth-order valence-corrected chi connectivity index (χ4v) is 5.76. The number of H-pyrrole nitrogens is 2. The van der Waals surface area contributed by atoms with E-state index in [9.17, 15) is 9.59 Å². The van der Waals surface area contributed by atoms with Crippen LogP contribution in [0.1, 0.15) is 32.1 Å². The van der Waals surface area contributed by atoms with Crippen molar-refractivity contribution in [1.29, 1.82) is 0 Å². The number of hydrogen-bond donors (Lipinski definition) is 4. The molecule has 0 saturated heterocycles. The molecule has 240 valence electrons. The summed E-state index contributed by atoms with van der Waals surface area (Å²) in [6, 6.07) is 23.1. The summed E-state index contributed by atoms with van der Waals surface area (Å²) in [7, 11) is 0. The standard InChI is InChI=1S/C19H15N5O.C17H13N5OS/c25-19(22-11-13-3-1-7-20-10-13)18-16-9-14(5-6-17(16)23-24-18)15-4-2-8-21-12-15;23-17(20-8-11-2-1-5-18-7-11)16-13-6-12(15-9-19-10-24-15)3-4-14(13)21-22-16/h1-10,12H,11H2,(H,22,25)(H,23,24);1-7,9-10H,8H2,(H,20,23)(H,21,22). The van der Waals surface area contributed by atoms with Crippen molar-refractivity contribution >= 4 is 45.0 Å². The molecule has 8 rings (SSSR count). The topological polar surface area (TPSA) is 167 Å². The SMILES string of the molecule is O=C(NCc1cccnc1)c1n[nH]c2ccc(-c3cccnc3)cc12.O=C(NCc1cccnc1)c1n[nH]c2ccc(-c3cncs3)cc12. The molecule has 2 aromatic carbocycles. The zero-order chi connectivity index (χ0) is 33.4. The van der Waals surface area contributed by atoms with Crippen molar-refractivity contribution in [3.8, 4) is 21.6 Å². The summed E-state index contributed by atoms with van der Waals surface area (Å²) in [5.41, 5.74) is 9.08. The Bertz CT molecular complexity index is 2320. The normalized spacial score (nSPS) is 10.8. The number of nitrogens with one attached hydrogen (secondary N) is 4. The number of fused-ring (bicyclic) bond motifs is 2. The van der Waals surface area contributed by atoms with Crippen molar-refractivity contribution in [3.63, 3.8) is 0 Å². The fraction of sp³-hybridized carbons (Fsp3) is 0.0556. The summed E-state index contributed by atoms with van der Waals surface area (Å²) in [6.07, 6.45) is 12.2. The highest BCUT2D eigenvalue weighted by Gasteiger charge is 2.16. The van der Waals surface area contributed by atoms with E-state index < -0.39 is 0 Å². The highest BCUT2D eigenvalue weighted by molar-refractivity contribution is 7.13. The molecule has 8 aromatic rings. The first-order valence-electron chi connectivity index (χ1n) is 15.2. The molecule has 0 radical (unpaired) electrons. The number of hydrogen-bond acceptors (Lipinski definition) is 9. The lowest BCUT2D eigenvalue weighted by Crippen LogP contribution is -2.23. The van der Waals surface area contributed by atoms with E-state index in [1.54, 1.807) is 54.0 Å². The molecule has 0 aliphatic carbocycles. The summed E-state index contributed by atoms with van der Waals surface area (Å²) in [5.74, 6) is -0.440. The van der Waals surface area contributed by atoms with Crippen LogP contribution in [0.15, 0.2) is 122 Å². The maximum atomic E-state index is 12.5. The van der Waals surface area contributed by atoms with Crippen LogP contribution in [0.4, 0.5) is 0 Å². The van der Waals surface area contributed by atoms with E-state index in [2.05, 4.69) is 51.0 Å².